The third-order valence-electron chi connectivity index (χ3n) is 3.49. The van der Waals surface area contributed by atoms with E-state index < -0.39 is 0 Å². The van der Waals surface area contributed by atoms with Gasteiger partial charge in [0.15, 0.2) is 0 Å². The Labute approximate surface area is 69.7 Å². The first-order chi connectivity index (χ1) is 5.36. The molecule has 2 aliphatic carbocycles. The van der Waals surface area contributed by atoms with E-state index in [2.05, 4.69) is 6.58 Å². The third-order valence-corrected chi connectivity index (χ3v) is 3.49. The molecule has 0 radical (unpaired) electrons. The molecule has 0 spiro atoms. The molecule has 2 fully saturated rings. The van der Waals surface area contributed by atoms with Gasteiger partial charge in [0.2, 0.25) is 0 Å². The van der Waals surface area contributed by atoms with E-state index in [9.17, 15) is 0 Å². The lowest BCUT2D eigenvalue weighted by Gasteiger charge is -2.36. The Morgan fingerprint density at radius 3 is 2.55 bits per heavy atom. The number of rotatable bonds is 0. The standard InChI is InChI=1S/C11H18/c1-9-6-7-10-4-2-3-5-11(10)8-9/h10-11H,1-8H2/t10-,11-/m0/s1. The molecule has 0 heteroatoms. The van der Waals surface area contributed by atoms with Crippen LogP contribution in [0.2, 0.25) is 0 Å². The molecule has 0 aromatic rings. The van der Waals surface area contributed by atoms with Crippen molar-refractivity contribution in [2.24, 2.45) is 11.8 Å². The van der Waals surface area contributed by atoms with Crippen molar-refractivity contribution in [1.29, 1.82) is 0 Å². The largest absolute Gasteiger partial charge is 0.0999 e. The van der Waals surface area contributed by atoms with Crippen LogP contribution >= 0.6 is 0 Å². The molecule has 0 amide bonds. The van der Waals surface area contributed by atoms with Crippen LogP contribution < -0.4 is 0 Å². The summed E-state index contributed by atoms with van der Waals surface area (Å²) in [5.74, 6) is 2.11. The smallest absolute Gasteiger partial charge is 0.0292 e. The van der Waals surface area contributed by atoms with Crippen molar-refractivity contribution in [2.75, 3.05) is 0 Å². The molecule has 2 saturated carbocycles. The quantitative estimate of drug-likeness (QED) is 0.463. The fraction of sp³-hybridized carbons (Fsp3) is 0.818. The van der Waals surface area contributed by atoms with Gasteiger partial charge in [-0.3, -0.25) is 0 Å². The number of hydrogen-bond acceptors (Lipinski definition) is 0. The maximum absolute atomic E-state index is 4.11. The molecule has 11 heavy (non-hydrogen) atoms. The molecule has 2 atom stereocenters. The Kier molecular flexibility index (Phi) is 2.02. The molecule has 2 rings (SSSR count). The summed E-state index contributed by atoms with van der Waals surface area (Å²) in [6.45, 7) is 4.11. The Morgan fingerprint density at radius 1 is 1.00 bits per heavy atom. The van der Waals surface area contributed by atoms with Crippen LogP contribution in [0.3, 0.4) is 0 Å². The van der Waals surface area contributed by atoms with Gasteiger partial charge in [0.05, 0.1) is 0 Å². The topological polar surface area (TPSA) is 0 Å². The highest BCUT2D eigenvalue weighted by atomic mass is 14.3. The molecule has 0 bridgehead atoms. The van der Waals surface area contributed by atoms with E-state index in [-0.39, 0.29) is 0 Å². The minimum Gasteiger partial charge on any atom is -0.0999 e. The molecule has 62 valence electrons. The van der Waals surface area contributed by atoms with Crippen molar-refractivity contribution in [2.45, 2.75) is 44.9 Å². The van der Waals surface area contributed by atoms with Gasteiger partial charge in [-0.05, 0) is 37.5 Å². The highest BCUT2D eigenvalue weighted by Gasteiger charge is 2.28. The highest BCUT2D eigenvalue weighted by molar-refractivity contribution is 5.02. The van der Waals surface area contributed by atoms with Crippen molar-refractivity contribution in [1.82, 2.24) is 0 Å². The van der Waals surface area contributed by atoms with Gasteiger partial charge >= 0.3 is 0 Å². The van der Waals surface area contributed by atoms with Crippen molar-refractivity contribution in [3.05, 3.63) is 12.2 Å². The minimum absolute atomic E-state index is 1.03. The van der Waals surface area contributed by atoms with E-state index in [1.54, 1.807) is 0 Å². The van der Waals surface area contributed by atoms with Gasteiger partial charge in [0.1, 0.15) is 0 Å². The monoisotopic (exact) mass is 150 g/mol. The van der Waals surface area contributed by atoms with Crippen LogP contribution in [0, 0.1) is 11.8 Å². The molecule has 0 N–H and O–H groups in total. The van der Waals surface area contributed by atoms with Gasteiger partial charge in [-0.1, -0.05) is 31.4 Å². The highest BCUT2D eigenvalue weighted by Crippen LogP contribution is 2.41. The average Bonchev–Trinajstić information content (AvgIpc) is 2.04. The average molecular weight is 150 g/mol. The second kappa shape index (κ2) is 3.00. The summed E-state index contributed by atoms with van der Waals surface area (Å²) in [5, 5.41) is 0. The summed E-state index contributed by atoms with van der Waals surface area (Å²) < 4.78 is 0. The molecule has 0 unspecified atom stereocenters. The van der Waals surface area contributed by atoms with E-state index in [0.29, 0.717) is 0 Å². The summed E-state index contributed by atoms with van der Waals surface area (Å²) in [6, 6.07) is 0. The van der Waals surface area contributed by atoms with Crippen molar-refractivity contribution in [3.8, 4) is 0 Å². The van der Waals surface area contributed by atoms with Crippen LogP contribution in [0.5, 0.6) is 0 Å². The first-order valence-electron chi connectivity index (χ1n) is 5.03. The minimum atomic E-state index is 1.03. The van der Waals surface area contributed by atoms with E-state index >= 15 is 0 Å². The van der Waals surface area contributed by atoms with Crippen molar-refractivity contribution < 1.29 is 0 Å². The van der Waals surface area contributed by atoms with Crippen LogP contribution in [-0.2, 0) is 0 Å². The zero-order valence-corrected chi connectivity index (χ0v) is 7.31. The van der Waals surface area contributed by atoms with Crippen LogP contribution in [-0.4, -0.2) is 0 Å². The fourth-order valence-corrected chi connectivity index (χ4v) is 2.80. The zero-order valence-electron chi connectivity index (χ0n) is 7.31. The Hall–Kier alpha value is -0.260. The van der Waals surface area contributed by atoms with Gasteiger partial charge < -0.3 is 0 Å². The number of hydrogen-bond donors (Lipinski definition) is 0. The van der Waals surface area contributed by atoms with Gasteiger partial charge in [-0.2, -0.15) is 0 Å². The summed E-state index contributed by atoms with van der Waals surface area (Å²) in [7, 11) is 0. The third kappa shape index (κ3) is 1.50. The normalized spacial score (nSPS) is 38.4. The number of fused-ring (bicyclic) bond motifs is 1. The first kappa shape index (κ1) is 7.39. The Bertz CT molecular complexity index is 157. The lowest BCUT2D eigenvalue weighted by Crippen LogP contribution is -2.23. The molecular weight excluding hydrogens is 132 g/mol. The van der Waals surface area contributed by atoms with Crippen LogP contribution in [0.4, 0.5) is 0 Å². The van der Waals surface area contributed by atoms with E-state index in [1.807, 2.05) is 0 Å². The van der Waals surface area contributed by atoms with Crippen LogP contribution in [0.15, 0.2) is 12.2 Å². The van der Waals surface area contributed by atoms with Crippen LogP contribution in [0.1, 0.15) is 44.9 Å². The SMILES string of the molecule is C=C1CC[C@@H]2CCCC[C@H]2C1. The predicted molar refractivity (Wildman–Crippen MR) is 48.4 cm³/mol. The summed E-state index contributed by atoms with van der Waals surface area (Å²) in [4.78, 5) is 0. The number of allylic oxidation sites excluding steroid dienone is 1. The molecule has 0 aromatic carbocycles. The van der Waals surface area contributed by atoms with E-state index in [1.165, 1.54) is 50.5 Å². The van der Waals surface area contributed by atoms with E-state index in [4.69, 9.17) is 0 Å². The second-order valence-electron chi connectivity index (χ2n) is 4.30. The summed E-state index contributed by atoms with van der Waals surface area (Å²) >= 11 is 0. The predicted octanol–water partition coefficient (Wildman–Crippen LogP) is 3.53. The first-order valence-corrected chi connectivity index (χ1v) is 5.03. The van der Waals surface area contributed by atoms with Gasteiger partial charge in [-0.25, -0.2) is 0 Å². The molecule has 0 aliphatic heterocycles. The molecule has 0 heterocycles. The fourth-order valence-electron chi connectivity index (χ4n) is 2.80. The molecule has 2 aliphatic rings. The van der Waals surface area contributed by atoms with Gasteiger partial charge in [0.25, 0.3) is 0 Å². The molecule has 0 aromatic heterocycles. The molecular formula is C11H18. The summed E-state index contributed by atoms with van der Waals surface area (Å²) in [5.41, 5.74) is 1.52. The molecule has 0 saturated heterocycles. The van der Waals surface area contributed by atoms with Crippen molar-refractivity contribution >= 4 is 0 Å². The van der Waals surface area contributed by atoms with E-state index in [0.717, 1.165) is 11.8 Å². The van der Waals surface area contributed by atoms with Crippen molar-refractivity contribution in [3.63, 3.8) is 0 Å². The zero-order chi connectivity index (χ0) is 7.68. The summed E-state index contributed by atoms with van der Waals surface area (Å²) in [6.07, 6.45) is 10.1. The Balaban J connectivity index is 1.98. The Morgan fingerprint density at radius 2 is 1.73 bits per heavy atom. The van der Waals surface area contributed by atoms with Gasteiger partial charge in [-0.15, -0.1) is 0 Å². The van der Waals surface area contributed by atoms with Gasteiger partial charge in [0, 0.05) is 0 Å². The van der Waals surface area contributed by atoms with Crippen LogP contribution in [0.25, 0.3) is 0 Å². The maximum Gasteiger partial charge on any atom is -0.0292 e. The molecule has 0 nitrogen and oxygen atoms in total. The second-order valence-corrected chi connectivity index (χ2v) is 4.30. The lowest BCUT2D eigenvalue weighted by molar-refractivity contribution is 0.199. The lowest BCUT2D eigenvalue weighted by atomic mass is 9.70. The maximum atomic E-state index is 4.11.